The van der Waals surface area contributed by atoms with Crippen LogP contribution in [0.15, 0.2) is 48.8 Å². The lowest BCUT2D eigenvalue weighted by Crippen LogP contribution is -2.32. The molecular formula is C17H20N2O4S. The molecule has 0 saturated carbocycles. The average Bonchev–Trinajstić information content (AvgIpc) is 2.58. The Morgan fingerprint density at radius 3 is 2.83 bits per heavy atom. The van der Waals surface area contributed by atoms with Crippen molar-refractivity contribution in [1.82, 2.24) is 9.29 Å². The highest BCUT2D eigenvalue weighted by molar-refractivity contribution is 7.78. The molecule has 1 unspecified atom stereocenters. The molecule has 1 atom stereocenters. The van der Waals surface area contributed by atoms with Crippen molar-refractivity contribution in [3.63, 3.8) is 0 Å². The van der Waals surface area contributed by atoms with E-state index in [4.69, 9.17) is 8.92 Å². The van der Waals surface area contributed by atoms with Crippen LogP contribution in [0, 0.1) is 6.92 Å². The van der Waals surface area contributed by atoms with Gasteiger partial charge in [-0.3, -0.25) is 9.17 Å². The van der Waals surface area contributed by atoms with Crippen molar-refractivity contribution < 1.29 is 17.9 Å². The van der Waals surface area contributed by atoms with Crippen molar-refractivity contribution in [2.24, 2.45) is 0 Å². The zero-order valence-electron chi connectivity index (χ0n) is 13.7. The molecule has 0 aliphatic heterocycles. The Labute approximate surface area is 144 Å². The first-order chi connectivity index (χ1) is 11.6. The Kier molecular flexibility index (Phi) is 6.89. The van der Waals surface area contributed by atoms with Crippen LogP contribution in [0.4, 0.5) is 4.79 Å². The van der Waals surface area contributed by atoms with E-state index in [0.29, 0.717) is 12.2 Å². The predicted molar refractivity (Wildman–Crippen MR) is 91.6 cm³/mol. The smallest absolute Gasteiger partial charge is 0.409 e. The Bertz CT molecular complexity index is 694. The van der Waals surface area contributed by atoms with Crippen molar-refractivity contribution in [3.8, 4) is 5.75 Å². The third kappa shape index (κ3) is 5.75. The molecule has 0 N–H and O–H groups in total. The van der Waals surface area contributed by atoms with Crippen LogP contribution in [0.1, 0.15) is 17.5 Å². The summed E-state index contributed by atoms with van der Waals surface area (Å²) in [6.45, 7) is 2.16. The minimum Gasteiger partial charge on any atom is -0.409 e. The van der Waals surface area contributed by atoms with Gasteiger partial charge in [0.05, 0.1) is 6.61 Å². The molecule has 0 fully saturated rings. The van der Waals surface area contributed by atoms with Crippen LogP contribution in [0.2, 0.25) is 0 Å². The van der Waals surface area contributed by atoms with Crippen LogP contribution < -0.4 is 4.74 Å². The summed E-state index contributed by atoms with van der Waals surface area (Å²) in [5.74, 6) is 0.403. The van der Waals surface area contributed by atoms with E-state index in [9.17, 15) is 9.00 Å². The molecule has 0 aliphatic carbocycles. The summed E-state index contributed by atoms with van der Waals surface area (Å²) in [6.07, 6.45) is 4.21. The molecule has 1 heterocycles. The van der Waals surface area contributed by atoms with Gasteiger partial charge in [-0.2, -0.15) is 0 Å². The molecule has 7 heteroatoms. The summed E-state index contributed by atoms with van der Waals surface area (Å²) in [6, 6.07) is 10.9. The number of carbonyl (C=O) groups is 1. The van der Waals surface area contributed by atoms with E-state index >= 15 is 0 Å². The van der Waals surface area contributed by atoms with Crippen LogP contribution in [0.5, 0.6) is 5.75 Å². The topological polar surface area (TPSA) is 68.7 Å². The largest absolute Gasteiger partial charge is 0.428 e. The van der Waals surface area contributed by atoms with Gasteiger partial charge in [-0.25, -0.2) is 13.3 Å². The van der Waals surface area contributed by atoms with Gasteiger partial charge in [-0.1, -0.05) is 18.2 Å². The molecule has 0 aliphatic rings. The number of aryl methyl sites for hydroxylation is 2. The van der Waals surface area contributed by atoms with E-state index in [2.05, 4.69) is 4.98 Å². The summed E-state index contributed by atoms with van der Waals surface area (Å²) in [5, 5.41) is 0. The van der Waals surface area contributed by atoms with Gasteiger partial charge in [0.2, 0.25) is 0 Å². The zero-order valence-corrected chi connectivity index (χ0v) is 14.5. The fourth-order valence-corrected chi connectivity index (χ4v) is 2.51. The van der Waals surface area contributed by atoms with Gasteiger partial charge in [0.1, 0.15) is 5.75 Å². The number of rotatable bonds is 7. The van der Waals surface area contributed by atoms with E-state index in [-0.39, 0.29) is 6.61 Å². The van der Waals surface area contributed by atoms with Crippen molar-refractivity contribution >= 4 is 17.4 Å². The summed E-state index contributed by atoms with van der Waals surface area (Å²) in [4.78, 5) is 16.0. The lowest BCUT2D eigenvalue weighted by Gasteiger charge is -2.15. The predicted octanol–water partition coefficient (Wildman–Crippen LogP) is 3.05. The summed E-state index contributed by atoms with van der Waals surface area (Å²) in [5.41, 5.74) is 2.05. The summed E-state index contributed by atoms with van der Waals surface area (Å²) < 4.78 is 23.2. The number of carbonyl (C=O) groups excluding carboxylic acids is 1. The first-order valence-corrected chi connectivity index (χ1v) is 8.55. The third-order valence-corrected chi connectivity index (χ3v) is 4.16. The molecule has 2 rings (SSSR count). The van der Waals surface area contributed by atoms with E-state index < -0.39 is 17.4 Å². The Hall–Kier alpha value is -2.25. The van der Waals surface area contributed by atoms with Gasteiger partial charge in [0.15, 0.2) is 0 Å². The van der Waals surface area contributed by atoms with Crippen molar-refractivity contribution in [2.45, 2.75) is 19.8 Å². The Morgan fingerprint density at radius 1 is 1.29 bits per heavy atom. The molecule has 0 radical (unpaired) electrons. The number of aromatic nitrogens is 1. The minimum atomic E-state index is -1.89. The normalized spacial score (nSPS) is 11.8. The average molecular weight is 348 g/mol. The number of hydrogen-bond donors (Lipinski definition) is 0. The number of amides is 1. The fraction of sp³-hybridized carbons (Fsp3) is 0.294. The first-order valence-electron chi connectivity index (χ1n) is 7.52. The molecule has 128 valence electrons. The lowest BCUT2D eigenvalue weighted by molar-refractivity contribution is 0.181. The molecule has 1 amide bonds. The minimum absolute atomic E-state index is 0.267. The monoisotopic (exact) mass is 348 g/mol. The van der Waals surface area contributed by atoms with Crippen molar-refractivity contribution in [2.75, 3.05) is 13.7 Å². The maximum atomic E-state index is 12.0. The summed E-state index contributed by atoms with van der Waals surface area (Å²) in [7, 11) is 1.37. The van der Waals surface area contributed by atoms with Gasteiger partial charge in [0, 0.05) is 19.4 Å². The second kappa shape index (κ2) is 9.14. The second-order valence-electron chi connectivity index (χ2n) is 5.19. The highest BCUT2D eigenvalue weighted by Gasteiger charge is 2.18. The maximum absolute atomic E-state index is 12.0. The highest BCUT2D eigenvalue weighted by Crippen LogP contribution is 2.14. The number of nitrogens with zero attached hydrogens (tertiary/aromatic N) is 2. The van der Waals surface area contributed by atoms with E-state index in [0.717, 1.165) is 21.9 Å². The Balaban J connectivity index is 1.74. The third-order valence-electron chi connectivity index (χ3n) is 3.19. The molecule has 0 bridgehead atoms. The van der Waals surface area contributed by atoms with Gasteiger partial charge < -0.3 is 4.74 Å². The van der Waals surface area contributed by atoms with Gasteiger partial charge in [-0.05, 0) is 49.1 Å². The van der Waals surface area contributed by atoms with Crippen LogP contribution in [-0.2, 0) is 21.9 Å². The van der Waals surface area contributed by atoms with E-state index in [1.807, 2.05) is 25.1 Å². The molecule has 2 aromatic rings. The lowest BCUT2D eigenvalue weighted by atomic mass is 10.2. The maximum Gasteiger partial charge on any atom is 0.428 e. The van der Waals surface area contributed by atoms with Crippen LogP contribution in [0.3, 0.4) is 0 Å². The fourth-order valence-electron chi connectivity index (χ4n) is 1.94. The number of pyridine rings is 1. The highest BCUT2D eigenvalue weighted by atomic mass is 32.2. The zero-order chi connectivity index (χ0) is 17.4. The van der Waals surface area contributed by atoms with Gasteiger partial charge >= 0.3 is 6.09 Å². The number of benzene rings is 1. The standard InChI is InChI=1S/C17H20N2O4S/c1-14-6-3-9-16(12-14)23-17(20)19(2)24(21)22-11-5-8-15-7-4-10-18-13-15/h3-4,6-7,9-10,12-13H,5,8,11H2,1-2H3. The van der Waals surface area contributed by atoms with E-state index in [1.165, 1.54) is 7.05 Å². The van der Waals surface area contributed by atoms with Crippen LogP contribution >= 0.6 is 0 Å². The quantitative estimate of drug-likeness (QED) is 0.719. The molecule has 0 saturated heterocycles. The molecule has 1 aromatic carbocycles. The van der Waals surface area contributed by atoms with Crippen molar-refractivity contribution in [1.29, 1.82) is 0 Å². The number of ether oxygens (including phenoxy) is 1. The van der Waals surface area contributed by atoms with Crippen LogP contribution in [0.25, 0.3) is 0 Å². The molecular weight excluding hydrogens is 328 g/mol. The Morgan fingerprint density at radius 2 is 2.12 bits per heavy atom. The van der Waals surface area contributed by atoms with Crippen LogP contribution in [-0.4, -0.2) is 33.2 Å². The number of hydrogen-bond acceptors (Lipinski definition) is 5. The SMILES string of the molecule is Cc1cccc(OC(=O)N(C)S(=O)OCCCc2cccnc2)c1. The molecule has 0 spiro atoms. The molecule has 6 nitrogen and oxygen atoms in total. The molecule has 24 heavy (non-hydrogen) atoms. The summed E-state index contributed by atoms with van der Waals surface area (Å²) >= 11 is -1.89. The van der Waals surface area contributed by atoms with Crippen molar-refractivity contribution in [3.05, 3.63) is 59.9 Å². The van der Waals surface area contributed by atoms with Gasteiger partial charge in [-0.15, -0.1) is 0 Å². The second-order valence-corrected chi connectivity index (χ2v) is 6.40. The van der Waals surface area contributed by atoms with Gasteiger partial charge in [0.25, 0.3) is 11.3 Å². The van der Waals surface area contributed by atoms with E-state index in [1.54, 1.807) is 30.6 Å². The molecule has 1 aromatic heterocycles. The first kappa shape index (κ1) is 18.1.